The maximum atomic E-state index is 6.01. The zero-order valence-corrected chi connectivity index (χ0v) is 13.3. The Balaban J connectivity index is 1.59. The van der Waals surface area contributed by atoms with Gasteiger partial charge in [-0.2, -0.15) is 0 Å². The van der Waals surface area contributed by atoms with E-state index in [1.165, 1.54) is 16.8 Å². The van der Waals surface area contributed by atoms with Crippen molar-refractivity contribution < 1.29 is 0 Å². The molecule has 0 atom stereocenters. The molecule has 1 aliphatic rings. The fraction of sp³-hybridized carbons (Fsp3) is 0.368. The standard InChI is InChI=1S/C19H25N3/c1-2-17-14-18(8-9-19(17)20)22-12-10-21(11-13-22)15-16-6-4-3-5-7-16/h3-9,14H,2,10-13,15,20H2,1H3. The van der Waals surface area contributed by atoms with Crippen molar-refractivity contribution in [3.8, 4) is 0 Å². The molecule has 3 nitrogen and oxygen atoms in total. The van der Waals surface area contributed by atoms with Gasteiger partial charge in [-0.3, -0.25) is 4.90 Å². The molecule has 0 amide bonds. The predicted molar refractivity (Wildman–Crippen MR) is 94.2 cm³/mol. The van der Waals surface area contributed by atoms with Gasteiger partial charge in [-0.1, -0.05) is 37.3 Å². The van der Waals surface area contributed by atoms with Gasteiger partial charge in [-0.25, -0.2) is 0 Å². The second kappa shape index (κ2) is 6.84. The van der Waals surface area contributed by atoms with Crippen molar-refractivity contribution in [2.24, 2.45) is 0 Å². The lowest BCUT2D eigenvalue weighted by Crippen LogP contribution is -2.46. The zero-order chi connectivity index (χ0) is 15.4. The minimum atomic E-state index is 0.911. The number of aryl methyl sites for hydroxylation is 1. The molecule has 0 unspecified atom stereocenters. The minimum Gasteiger partial charge on any atom is -0.399 e. The summed E-state index contributed by atoms with van der Waals surface area (Å²) >= 11 is 0. The van der Waals surface area contributed by atoms with Crippen LogP contribution in [0.3, 0.4) is 0 Å². The number of piperazine rings is 1. The van der Waals surface area contributed by atoms with Crippen molar-refractivity contribution in [1.82, 2.24) is 4.90 Å². The summed E-state index contributed by atoms with van der Waals surface area (Å²) in [6.45, 7) is 7.60. The van der Waals surface area contributed by atoms with Gasteiger partial charge >= 0.3 is 0 Å². The summed E-state index contributed by atoms with van der Waals surface area (Å²) in [5, 5.41) is 0. The molecular weight excluding hydrogens is 270 g/mol. The normalized spacial score (nSPS) is 16.0. The van der Waals surface area contributed by atoms with Gasteiger partial charge in [0.25, 0.3) is 0 Å². The molecule has 0 aliphatic carbocycles. The highest BCUT2D eigenvalue weighted by Crippen LogP contribution is 2.23. The molecule has 2 aromatic carbocycles. The molecule has 0 radical (unpaired) electrons. The van der Waals surface area contributed by atoms with Crippen LogP contribution in [0.4, 0.5) is 11.4 Å². The van der Waals surface area contributed by atoms with Gasteiger partial charge in [0.15, 0.2) is 0 Å². The first kappa shape index (κ1) is 14.9. The monoisotopic (exact) mass is 295 g/mol. The number of rotatable bonds is 4. The number of nitrogens with two attached hydrogens (primary N) is 1. The third-order valence-electron chi connectivity index (χ3n) is 4.49. The quantitative estimate of drug-likeness (QED) is 0.880. The molecule has 3 rings (SSSR count). The second-order valence-electron chi connectivity index (χ2n) is 5.99. The molecule has 2 N–H and O–H groups in total. The maximum absolute atomic E-state index is 6.01. The molecule has 3 heteroatoms. The Kier molecular flexibility index (Phi) is 4.64. The molecule has 0 saturated carbocycles. The largest absolute Gasteiger partial charge is 0.399 e. The average Bonchev–Trinajstić information content (AvgIpc) is 2.57. The third-order valence-corrected chi connectivity index (χ3v) is 4.49. The van der Waals surface area contributed by atoms with Gasteiger partial charge in [0.05, 0.1) is 0 Å². The number of nitrogens with zero attached hydrogens (tertiary/aromatic N) is 2. The third kappa shape index (κ3) is 3.42. The lowest BCUT2D eigenvalue weighted by Gasteiger charge is -2.36. The molecule has 0 aromatic heterocycles. The van der Waals surface area contributed by atoms with Crippen LogP contribution in [0.2, 0.25) is 0 Å². The summed E-state index contributed by atoms with van der Waals surface area (Å²) in [6, 6.07) is 17.2. The Morgan fingerprint density at radius 2 is 1.68 bits per heavy atom. The summed E-state index contributed by atoms with van der Waals surface area (Å²) in [5.41, 5.74) is 10.9. The second-order valence-corrected chi connectivity index (χ2v) is 5.99. The fourth-order valence-corrected chi connectivity index (χ4v) is 3.10. The van der Waals surface area contributed by atoms with Crippen molar-refractivity contribution in [2.45, 2.75) is 19.9 Å². The molecule has 116 valence electrons. The SMILES string of the molecule is CCc1cc(N2CCN(Cc3ccccc3)CC2)ccc1N. The zero-order valence-electron chi connectivity index (χ0n) is 13.3. The molecule has 1 fully saturated rings. The maximum Gasteiger partial charge on any atom is 0.0371 e. The first-order valence-electron chi connectivity index (χ1n) is 8.16. The molecule has 2 aromatic rings. The number of nitrogen functional groups attached to an aromatic ring is 1. The van der Waals surface area contributed by atoms with Crippen LogP contribution in [-0.4, -0.2) is 31.1 Å². The van der Waals surface area contributed by atoms with Crippen LogP contribution >= 0.6 is 0 Å². The Morgan fingerprint density at radius 1 is 0.955 bits per heavy atom. The smallest absolute Gasteiger partial charge is 0.0371 e. The van der Waals surface area contributed by atoms with E-state index < -0.39 is 0 Å². The minimum absolute atomic E-state index is 0.911. The van der Waals surface area contributed by atoms with E-state index in [1.807, 2.05) is 6.07 Å². The van der Waals surface area contributed by atoms with Crippen molar-refractivity contribution in [3.63, 3.8) is 0 Å². The average molecular weight is 295 g/mol. The predicted octanol–water partition coefficient (Wildman–Crippen LogP) is 3.15. The van der Waals surface area contributed by atoms with Gasteiger partial charge in [-0.15, -0.1) is 0 Å². The van der Waals surface area contributed by atoms with Crippen LogP contribution in [0.1, 0.15) is 18.1 Å². The molecule has 1 saturated heterocycles. The summed E-state index contributed by atoms with van der Waals surface area (Å²) < 4.78 is 0. The number of benzene rings is 2. The Morgan fingerprint density at radius 3 is 2.36 bits per heavy atom. The van der Waals surface area contributed by atoms with E-state index in [0.29, 0.717) is 0 Å². The van der Waals surface area contributed by atoms with E-state index in [0.717, 1.165) is 44.8 Å². The van der Waals surface area contributed by atoms with Crippen LogP contribution in [0, 0.1) is 0 Å². The van der Waals surface area contributed by atoms with Crippen LogP contribution in [-0.2, 0) is 13.0 Å². The van der Waals surface area contributed by atoms with Crippen LogP contribution in [0.15, 0.2) is 48.5 Å². The summed E-state index contributed by atoms with van der Waals surface area (Å²) in [4.78, 5) is 5.00. The number of hydrogen-bond acceptors (Lipinski definition) is 3. The highest BCUT2D eigenvalue weighted by atomic mass is 15.3. The molecule has 1 heterocycles. The van der Waals surface area contributed by atoms with E-state index in [1.54, 1.807) is 0 Å². The van der Waals surface area contributed by atoms with Crippen molar-refractivity contribution >= 4 is 11.4 Å². The number of hydrogen-bond donors (Lipinski definition) is 1. The Labute approximate surface area is 133 Å². The topological polar surface area (TPSA) is 32.5 Å². The fourth-order valence-electron chi connectivity index (χ4n) is 3.10. The van der Waals surface area contributed by atoms with Crippen molar-refractivity contribution in [1.29, 1.82) is 0 Å². The highest BCUT2D eigenvalue weighted by molar-refractivity contribution is 5.58. The molecule has 0 bridgehead atoms. The molecule has 0 spiro atoms. The summed E-state index contributed by atoms with van der Waals surface area (Å²) in [5.74, 6) is 0. The van der Waals surface area contributed by atoms with E-state index in [9.17, 15) is 0 Å². The van der Waals surface area contributed by atoms with E-state index in [4.69, 9.17) is 5.73 Å². The first-order chi connectivity index (χ1) is 10.8. The van der Waals surface area contributed by atoms with Gasteiger partial charge in [0.1, 0.15) is 0 Å². The van der Waals surface area contributed by atoms with Gasteiger partial charge in [0, 0.05) is 44.1 Å². The van der Waals surface area contributed by atoms with E-state index >= 15 is 0 Å². The van der Waals surface area contributed by atoms with Crippen molar-refractivity contribution in [2.75, 3.05) is 36.8 Å². The lowest BCUT2D eigenvalue weighted by molar-refractivity contribution is 0.250. The van der Waals surface area contributed by atoms with Gasteiger partial charge < -0.3 is 10.6 Å². The van der Waals surface area contributed by atoms with E-state index in [-0.39, 0.29) is 0 Å². The molecular formula is C19H25N3. The van der Waals surface area contributed by atoms with Crippen LogP contribution in [0.25, 0.3) is 0 Å². The van der Waals surface area contributed by atoms with Gasteiger partial charge in [0.2, 0.25) is 0 Å². The van der Waals surface area contributed by atoms with Crippen molar-refractivity contribution in [3.05, 3.63) is 59.7 Å². The highest BCUT2D eigenvalue weighted by Gasteiger charge is 2.17. The molecule has 22 heavy (non-hydrogen) atoms. The first-order valence-corrected chi connectivity index (χ1v) is 8.16. The Bertz CT molecular complexity index is 601. The van der Waals surface area contributed by atoms with Crippen LogP contribution in [0.5, 0.6) is 0 Å². The summed E-state index contributed by atoms with van der Waals surface area (Å²) in [7, 11) is 0. The van der Waals surface area contributed by atoms with Gasteiger partial charge in [-0.05, 0) is 35.7 Å². The number of anilines is 2. The lowest BCUT2D eigenvalue weighted by atomic mass is 10.1. The molecule has 1 aliphatic heterocycles. The van der Waals surface area contributed by atoms with Crippen LogP contribution < -0.4 is 10.6 Å². The summed E-state index contributed by atoms with van der Waals surface area (Å²) in [6.07, 6.45) is 0.994. The Hall–Kier alpha value is -2.00. The van der Waals surface area contributed by atoms with E-state index in [2.05, 4.69) is 59.2 Å².